The van der Waals surface area contributed by atoms with E-state index in [9.17, 15) is 9.18 Å². The van der Waals surface area contributed by atoms with Crippen molar-refractivity contribution in [3.8, 4) is 6.07 Å². The molecule has 4 rings (SSSR count). The maximum absolute atomic E-state index is 14.2. The number of rotatable bonds is 12. The van der Waals surface area contributed by atoms with Crippen LogP contribution in [0.1, 0.15) is 65.0 Å². The lowest BCUT2D eigenvalue weighted by Gasteiger charge is -2.36. The first-order valence-electron chi connectivity index (χ1n) is 15.8. The molecular formula is C35H49FN8O. The molecule has 1 amide bonds. The maximum atomic E-state index is 14.2. The fourth-order valence-electron chi connectivity index (χ4n) is 6.64. The molecule has 0 aromatic heterocycles. The highest BCUT2D eigenvalue weighted by Gasteiger charge is 2.58. The number of nitrogens with two attached hydrogens (primary N) is 1. The molecule has 5 unspecified atom stereocenters. The Balaban J connectivity index is 0.000000415. The second-order valence-corrected chi connectivity index (χ2v) is 12.5. The van der Waals surface area contributed by atoms with Crippen LogP contribution in [0.5, 0.6) is 0 Å². The third kappa shape index (κ3) is 8.02. The predicted octanol–water partition coefficient (Wildman–Crippen LogP) is 5.67. The zero-order valence-corrected chi connectivity index (χ0v) is 27.4. The standard InChI is InChI=1S/C27H39FN6.C8H10N2O/c1-7-31-15-14-27(26(29)33-34-30)24(12-9-19(4)21(6)17-32-18(2)3)20(5)8-10-22-16-23(28)11-13-25(22)27;1-5-7-2-6(3-9)10(4-11)8(5)7/h9,11-13,16,18,31-32H,4,6-8,10,14-15,17H2,1-3,5H3,(H3,29,30,33);4-8H,2H2,1H3/b12-9-;. The largest absolute Gasteiger partial charge is 0.326 e. The number of carbonyl (C=O) groups is 1. The number of likely N-dealkylation sites (tertiary alicyclic amines) is 1. The van der Waals surface area contributed by atoms with Gasteiger partial charge in [0, 0.05) is 18.6 Å². The van der Waals surface area contributed by atoms with Crippen LogP contribution < -0.4 is 16.5 Å². The number of benzene rings is 1. The average Bonchev–Trinajstić information content (AvgIpc) is 3.50. The molecule has 0 radical (unpaired) electrons. The van der Waals surface area contributed by atoms with Gasteiger partial charge in [-0.1, -0.05) is 69.9 Å². The lowest BCUT2D eigenvalue weighted by atomic mass is 9.68. The number of nitrogens with zero attached hydrogens (tertiary/aromatic N) is 4. The third-order valence-corrected chi connectivity index (χ3v) is 9.32. The molecule has 1 saturated carbocycles. The van der Waals surface area contributed by atoms with Gasteiger partial charge in [-0.2, -0.15) is 5.26 Å². The zero-order chi connectivity index (χ0) is 33.3. The minimum absolute atomic E-state index is 0.0348. The topological polar surface area (TPSA) is 143 Å². The fraction of sp³-hybridized carbons (Fsp3) is 0.514. The molecule has 2 fully saturated rings. The lowest BCUT2D eigenvalue weighted by Crippen LogP contribution is -2.40. The summed E-state index contributed by atoms with van der Waals surface area (Å²) < 4.78 is 14.2. The van der Waals surface area contributed by atoms with E-state index in [1.54, 1.807) is 17.0 Å². The van der Waals surface area contributed by atoms with Gasteiger partial charge in [0.05, 0.1) is 11.5 Å². The number of carbonyl (C=O) groups excluding carboxylic acids is 1. The molecule has 1 heterocycles. The number of piperidine rings is 1. The van der Waals surface area contributed by atoms with Gasteiger partial charge in [-0.25, -0.2) is 4.39 Å². The number of allylic oxidation sites excluding steroid dienone is 3. The van der Waals surface area contributed by atoms with E-state index in [1.165, 1.54) is 6.07 Å². The average molecular weight is 617 g/mol. The molecule has 5 atom stereocenters. The first-order valence-corrected chi connectivity index (χ1v) is 15.8. The Hall–Kier alpha value is -3.94. The summed E-state index contributed by atoms with van der Waals surface area (Å²) in [6.07, 6.45) is 7.66. The van der Waals surface area contributed by atoms with Gasteiger partial charge in [0.1, 0.15) is 11.9 Å². The highest BCUT2D eigenvalue weighted by atomic mass is 19.1. The van der Waals surface area contributed by atoms with Crippen molar-refractivity contribution in [2.45, 2.75) is 83.8 Å². The molecule has 45 heavy (non-hydrogen) atoms. The molecule has 0 bridgehead atoms. The summed E-state index contributed by atoms with van der Waals surface area (Å²) in [6, 6.07) is 7.54. The van der Waals surface area contributed by atoms with Crippen molar-refractivity contribution < 1.29 is 9.18 Å². The van der Waals surface area contributed by atoms with Crippen LogP contribution in [-0.2, 0) is 16.6 Å². The fourth-order valence-corrected chi connectivity index (χ4v) is 6.64. The lowest BCUT2D eigenvalue weighted by molar-refractivity contribution is -0.119. The molecule has 242 valence electrons. The molecule has 2 aliphatic carbocycles. The van der Waals surface area contributed by atoms with Gasteiger partial charge < -0.3 is 21.4 Å². The Morgan fingerprint density at radius 2 is 2.09 bits per heavy atom. The van der Waals surface area contributed by atoms with Crippen molar-refractivity contribution in [3.05, 3.63) is 82.7 Å². The van der Waals surface area contributed by atoms with Gasteiger partial charge in [0.2, 0.25) is 6.41 Å². The van der Waals surface area contributed by atoms with E-state index in [0.29, 0.717) is 49.9 Å². The monoisotopic (exact) mass is 616 g/mol. The van der Waals surface area contributed by atoms with Crippen LogP contribution in [0.25, 0.3) is 0 Å². The summed E-state index contributed by atoms with van der Waals surface area (Å²) in [6.45, 7) is 20.9. The maximum Gasteiger partial charge on any atom is 0.211 e. The zero-order valence-electron chi connectivity index (χ0n) is 27.4. The molecule has 3 aliphatic rings. The first kappa shape index (κ1) is 35.5. The Morgan fingerprint density at radius 1 is 1.36 bits per heavy atom. The number of aryl methyl sites for hydroxylation is 1. The SMILES string of the molecule is C=C(/C=C\C1=C(C)CCc2cc(F)ccc2C1(CCNCC)C(=N)N=NN)C(=C)CNC(C)C.CC1C2CC(C#N)N(C=O)C12. The van der Waals surface area contributed by atoms with Crippen molar-refractivity contribution >= 4 is 12.2 Å². The van der Waals surface area contributed by atoms with Crippen LogP contribution in [0, 0.1) is 34.4 Å². The van der Waals surface area contributed by atoms with E-state index in [2.05, 4.69) is 67.9 Å². The van der Waals surface area contributed by atoms with Crippen molar-refractivity contribution in [1.29, 1.82) is 10.7 Å². The van der Waals surface area contributed by atoms with Crippen molar-refractivity contribution in [2.75, 3.05) is 19.6 Å². The Bertz CT molecular complexity index is 1410. The molecule has 0 spiro atoms. The number of amides is 1. The van der Waals surface area contributed by atoms with Crippen LogP contribution in [0.3, 0.4) is 0 Å². The van der Waals surface area contributed by atoms with Crippen LogP contribution in [0.2, 0.25) is 0 Å². The molecule has 1 aromatic carbocycles. The Morgan fingerprint density at radius 3 is 2.71 bits per heavy atom. The van der Waals surface area contributed by atoms with Crippen molar-refractivity contribution in [2.24, 2.45) is 28.0 Å². The number of amidine groups is 1. The molecule has 9 nitrogen and oxygen atoms in total. The molecule has 1 aromatic rings. The van der Waals surface area contributed by atoms with Crippen molar-refractivity contribution in [3.63, 3.8) is 0 Å². The van der Waals surface area contributed by atoms with Crippen molar-refractivity contribution in [1.82, 2.24) is 15.5 Å². The normalized spacial score (nSPS) is 25.3. The van der Waals surface area contributed by atoms with Gasteiger partial charge >= 0.3 is 0 Å². The van der Waals surface area contributed by atoms with Gasteiger partial charge in [-0.15, -0.1) is 5.11 Å². The first-order chi connectivity index (χ1) is 21.5. The molecule has 1 saturated heterocycles. The minimum atomic E-state index is -0.928. The number of hydrogen-bond donors (Lipinski definition) is 4. The van der Waals surface area contributed by atoms with Gasteiger partial charge in [0.25, 0.3) is 0 Å². The van der Waals surface area contributed by atoms with E-state index in [0.717, 1.165) is 59.2 Å². The van der Waals surface area contributed by atoms with Crippen LogP contribution >= 0.6 is 0 Å². The smallest absolute Gasteiger partial charge is 0.211 e. The summed E-state index contributed by atoms with van der Waals surface area (Å²) in [5.74, 6) is 6.40. The van der Waals surface area contributed by atoms with Crippen LogP contribution in [0.4, 0.5) is 4.39 Å². The number of nitriles is 1. The second kappa shape index (κ2) is 15.9. The minimum Gasteiger partial charge on any atom is -0.326 e. The summed E-state index contributed by atoms with van der Waals surface area (Å²) in [5, 5.41) is 31.8. The van der Waals surface area contributed by atoms with Gasteiger partial charge in [0.15, 0.2) is 5.84 Å². The highest BCUT2D eigenvalue weighted by molar-refractivity contribution is 5.96. The van der Waals surface area contributed by atoms with Gasteiger partial charge in [-0.3, -0.25) is 10.2 Å². The number of nitrogens with one attached hydrogen (secondary N) is 3. The number of halogens is 1. The summed E-state index contributed by atoms with van der Waals surface area (Å²) >= 11 is 0. The summed E-state index contributed by atoms with van der Waals surface area (Å²) in [4.78, 5) is 12.2. The van der Waals surface area contributed by atoms with E-state index in [4.69, 9.17) is 16.5 Å². The molecule has 5 N–H and O–H groups in total. The quantitative estimate of drug-likeness (QED) is 0.0350. The van der Waals surface area contributed by atoms with E-state index >= 15 is 0 Å². The summed E-state index contributed by atoms with van der Waals surface area (Å²) in [7, 11) is 0. The van der Waals surface area contributed by atoms with E-state index < -0.39 is 5.41 Å². The molecule has 10 heteroatoms. The third-order valence-electron chi connectivity index (χ3n) is 9.32. The van der Waals surface area contributed by atoms with Gasteiger partial charge in [-0.05, 0) is 97.5 Å². The Labute approximate surface area is 267 Å². The van der Waals surface area contributed by atoms with E-state index in [1.807, 2.05) is 19.1 Å². The Kier molecular flexibility index (Phi) is 12.5. The van der Waals surface area contributed by atoms with Crippen LogP contribution in [-0.4, -0.2) is 54.9 Å². The highest BCUT2D eigenvalue weighted by Crippen LogP contribution is 2.52. The molecule has 1 aliphatic heterocycles. The second-order valence-electron chi connectivity index (χ2n) is 12.5. The molecular weight excluding hydrogens is 567 g/mol. The van der Waals surface area contributed by atoms with E-state index in [-0.39, 0.29) is 17.7 Å². The number of fused-ring (bicyclic) bond motifs is 2. The van der Waals surface area contributed by atoms with Crippen LogP contribution in [0.15, 0.2) is 76.1 Å². The predicted molar refractivity (Wildman–Crippen MR) is 178 cm³/mol. The summed E-state index contributed by atoms with van der Waals surface area (Å²) in [5.41, 5.74) is 4.58. The number of hydrogen-bond acceptors (Lipinski definition) is 6.